The van der Waals surface area contributed by atoms with Gasteiger partial charge in [0.2, 0.25) is 0 Å². The fourth-order valence-electron chi connectivity index (χ4n) is 1.79. The molecule has 0 amide bonds. The molecule has 0 N–H and O–H groups in total. The Morgan fingerprint density at radius 1 is 0.750 bits per heavy atom. The van der Waals surface area contributed by atoms with Crippen LogP contribution in [-0.4, -0.2) is 51.8 Å². The second-order valence-corrected chi connectivity index (χ2v) is 20.1. The summed E-state index contributed by atoms with van der Waals surface area (Å²) >= 11 is 0. The van der Waals surface area contributed by atoms with Gasteiger partial charge in [0, 0.05) is 13.1 Å². The van der Waals surface area contributed by atoms with Crippen LogP contribution in [0.4, 0.5) is 0 Å². The predicted molar refractivity (Wildman–Crippen MR) is 60.2 cm³/mol. The molecule has 1 rings (SSSR count). The third-order valence-electron chi connectivity index (χ3n) is 4.18. The molecule has 0 aromatic heterocycles. The lowest BCUT2D eigenvalue weighted by atomic mass is 10.6. The van der Waals surface area contributed by atoms with Crippen LogP contribution in [0.15, 0.2) is 0 Å². The molecule has 4 heteroatoms. The number of hydrogen-bond acceptors (Lipinski definition) is 2. The Bertz CT molecular complexity index is 160. The molecule has 2 nitrogen and oxygen atoms in total. The highest BCUT2D eigenvalue weighted by molar-refractivity contribution is 7.38. The third-order valence-corrected chi connectivity index (χ3v) is 22.7. The molecule has 1 heterocycles. The Hall–Kier alpha value is 0.354. The number of rotatable bonds is 0. The molecule has 72 valence electrons. The maximum absolute atomic E-state index is 2.65. The zero-order valence-corrected chi connectivity index (χ0v) is 11.3. The Morgan fingerprint density at radius 2 is 1.00 bits per heavy atom. The van der Waals surface area contributed by atoms with Gasteiger partial charge in [-0.15, -0.1) is 0 Å². The summed E-state index contributed by atoms with van der Waals surface area (Å²) in [6.45, 7) is 12.6. The molecule has 0 radical (unpaired) electrons. The summed E-state index contributed by atoms with van der Waals surface area (Å²) in [4.78, 5) is 0. The molecule has 1 aliphatic heterocycles. The minimum absolute atomic E-state index is 1.09. The lowest BCUT2D eigenvalue weighted by Gasteiger charge is -2.54. The molecule has 12 heavy (non-hydrogen) atoms. The Morgan fingerprint density at radius 3 is 1.25 bits per heavy atom. The van der Waals surface area contributed by atoms with Crippen LogP contribution >= 0.6 is 0 Å². The van der Waals surface area contributed by atoms with E-state index in [0.717, 1.165) is 0 Å². The minimum Gasteiger partial charge on any atom is -0.326 e. The van der Waals surface area contributed by atoms with Crippen molar-refractivity contribution in [2.75, 3.05) is 27.2 Å². The zero-order valence-electron chi connectivity index (χ0n) is 9.31. The van der Waals surface area contributed by atoms with Crippen molar-refractivity contribution >= 4 is 15.5 Å². The van der Waals surface area contributed by atoms with Crippen molar-refractivity contribution in [1.29, 1.82) is 0 Å². The first-order chi connectivity index (χ1) is 5.30. The lowest BCUT2D eigenvalue weighted by Crippen LogP contribution is -2.76. The number of hydrogen-bond donors (Lipinski definition) is 0. The summed E-state index contributed by atoms with van der Waals surface area (Å²) < 4.78 is 5.30. The van der Waals surface area contributed by atoms with Gasteiger partial charge in [-0.25, -0.2) is 0 Å². The second kappa shape index (κ2) is 2.94. The fraction of sp³-hybridized carbons (Fsp3) is 1.00. The van der Waals surface area contributed by atoms with Gasteiger partial charge in [-0.05, 0) is 14.1 Å². The van der Waals surface area contributed by atoms with Gasteiger partial charge in [-0.2, -0.15) is 0 Å². The highest BCUT2D eigenvalue weighted by atomic mass is 29.3. The van der Waals surface area contributed by atoms with E-state index in [1.165, 1.54) is 13.1 Å². The van der Waals surface area contributed by atoms with Crippen LogP contribution < -0.4 is 0 Å². The van der Waals surface area contributed by atoms with E-state index in [4.69, 9.17) is 0 Å². The van der Waals surface area contributed by atoms with Gasteiger partial charge < -0.3 is 9.13 Å². The molecule has 0 aliphatic carbocycles. The van der Waals surface area contributed by atoms with Gasteiger partial charge in [-0.3, -0.25) is 0 Å². The highest BCUT2D eigenvalue weighted by Gasteiger charge is 2.49. The Labute approximate surface area is 78.5 Å². The van der Waals surface area contributed by atoms with Crippen LogP contribution in [-0.2, 0) is 0 Å². The average Bonchev–Trinajstić information content (AvgIpc) is 1.96. The summed E-state index contributed by atoms with van der Waals surface area (Å²) in [5.74, 6) is 0. The van der Waals surface area contributed by atoms with Gasteiger partial charge in [0.05, 0.1) is 0 Å². The van der Waals surface area contributed by atoms with Crippen molar-refractivity contribution in [2.45, 2.75) is 26.2 Å². The van der Waals surface area contributed by atoms with Gasteiger partial charge in [0.25, 0.3) is 0 Å². The Kier molecular flexibility index (Phi) is 2.55. The van der Waals surface area contributed by atoms with E-state index in [1.54, 1.807) is 0 Å². The molecule has 1 fully saturated rings. The Balaban J connectivity index is 2.92. The topological polar surface area (TPSA) is 6.48 Å². The molecular formula is C8H22N2Si2. The van der Waals surface area contributed by atoms with Gasteiger partial charge in [0.15, 0.2) is 0 Å². The second-order valence-electron chi connectivity index (χ2n) is 4.96. The van der Waals surface area contributed by atoms with Crippen molar-refractivity contribution in [1.82, 2.24) is 9.13 Å². The van der Waals surface area contributed by atoms with E-state index >= 15 is 0 Å². The molecule has 0 spiro atoms. The first-order valence-corrected chi connectivity index (χ1v) is 11.6. The van der Waals surface area contributed by atoms with E-state index in [1.807, 2.05) is 0 Å². The van der Waals surface area contributed by atoms with Crippen LogP contribution in [0.3, 0.4) is 0 Å². The standard InChI is InChI=1S/C8H22N2Si2/c1-9-7-8-10(2)12(5,6)11(9,3)4/h7-8H2,1-6H3. The summed E-state index contributed by atoms with van der Waals surface area (Å²) in [6, 6.07) is 0. The van der Waals surface area contributed by atoms with Crippen molar-refractivity contribution in [2.24, 2.45) is 0 Å². The van der Waals surface area contributed by atoms with Crippen molar-refractivity contribution < 1.29 is 0 Å². The summed E-state index contributed by atoms with van der Waals surface area (Å²) in [6.07, 6.45) is 0. The molecule has 1 aliphatic rings. The van der Waals surface area contributed by atoms with Crippen molar-refractivity contribution in [3.05, 3.63) is 0 Å². The first-order valence-electron chi connectivity index (χ1n) is 4.72. The molecule has 1 saturated heterocycles. The van der Waals surface area contributed by atoms with E-state index in [0.29, 0.717) is 0 Å². The van der Waals surface area contributed by atoms with Crippen molar-refractivity contribution in [3.63, 3.8) is 0 Å². The number of likely N-dealkylation sites (N-methyl/N-ethyl adjacent to an activating group) is 2. The van der Waals surface area contributed by atoms with Crippen LogP contribution in [0.1, 0.15) is 0 Å². The normalized spacial score (nSPS) is 30.5. The largest absolute Gasteiger partial charge is 0.326 e. The van der Waals surface area contributed by atoms with E-state index in [9.17, 15) is 0 Å². The monoisotopic (exact) mass is 202 g/mol. The van der Waals surface area contributed by atoms with Crippen LogP contribution in [0, 0.1) is 0 Å². The number of nitrogens with zero attached hydrogens (tertiary/aromatic N) is 2. The lowest BCUT2D eigenvalue weighted by molar-refractivity contribution is 0.394. The van der Waals surface area contributed by atoms with Gasteiger partial charge in [0.1, 0.15) is 15.5 Å². The summed E-state index contributed by atoms with van der Waals surface area (Å²) in [5.41, 5.74) is 0. The molecule has 0 atom stereocenters. The van der Waals surface area contributed by atoms with Gasteiger partial charge >= 0.3 is 0 Å². The fourth-order valence-corrected chi connectivity index (χ4v) is 11.3. The molecular weight excluding hydrogens is 180 g/mol. The van der Waals surface area contributed by atoms with Crippen LogP contribution in [0.2, 0.25) is 26.2 Å². The molecule has 0 unspecified atom stereocenters. The molecule has 0 saturated carbocycles. The molecule has 0 aromatic rings. The van der Waals surface area contributed by atoms with E-state index < -0.39 is 15.5 Å². The summed E-state index contributed by atoms with van der Waals surface area (Å²) in [7, 11) is 2.45. The van der Waals surface area contributed by atoms with E-state index in [-0.39, 0.29) is 0 Å². The SMILES string of the molecule is CN1CCN(C)[Si](C)(C)[Si]1(C)C. The smallest absolute Gasteiger partial charge is 0.129 e. The van der Waals surface area contributed by atoms with E-state index in [2.05, 4.69) is 49.4 Å². The van der Waals surface area contributed by atoms with Crippen molar-refractivity contribution in [3.8, 4) is 0 Å². The quantitative estimate of drug-likeness (QED) is 0.547. The van der Waals surface area contributed by atoms with Crippen LogP contribution in [0.5, 0.6) is 0 Å². The highest BCUT2D eigenvalue weighted by Crippen LogP contribution is 2.27. The maximum Gasteiger partial charge on any atom is 0.129 e. The minimum atomic E-state index is -1.09. The third kappa shape index (κ3) is 1.30. The maximum atomic E-state index is 2.65. The predicted octanol–water partition coefficient (Wildman–Crippen LogP) is 1.35. The molecule has 0 bridgehead atoms. The average molecular weight is 202 g/mol. The summed E-state index contributed by atoms with van der Waals surface area (Å²) in [5, 5.41) is 0. The first kappa shape index (κ1) is 10.4. The van der Waals surface area contributed by atoms with Gasteiger partial charge in [-0.1, -0.05) is 26.2 Å². The van der Waals surface area contributed by atoms with Crippen LogP contribution in [0.25, 0.3) is 0 Å². The zero-order chi connectivity index (χ0) is 9.57. The molecule has 0 aromatic carbocycles.